The molecule has 0 spiro atoms. The predicted molar refractivity (Wildman–Crippen MR) is 96.3 cm³/mol. The van der Waals surface area contributed by atoms with Crippen molar-refractivity contribution in [3.8, 4) is 0 Å². The molecule has 0 aliphatic rings. The van der Waals surface area contributed by atoms with Crippen molar-refractivity contribution in [2.45, 2.75) is 39.3 Å². The topological polar surface area (TPSA) is 50.4 Å². The molecule has 1 unspecified atom stereocenters. The minimum atomic E-state index is -0.482. The summed E-state index contributed by atoms with van der Waals surface area (Å²) in [6.45, 7) is 8.64. The maximum Gasteiger partial charge on any atom is 0.407 e. The van der Waals surface area contributed by atoms with Crippen LogP contribution >= 0.6 is 23.2 Å². The first-order valence-electron chi connectivity index (χ1n) is 7.49. The number of amides is 1. The van der Waals surface area contributed by atoms with E-state index in [0.29, 0.717) is 23.1 Å². The molecule has 1 aromatic carbocycles. The van der Waals surface area contributed by atoms with Crippen LogP contribution in [0.3, 0.4) is 0 Å². The molecule has 0 heterocycles. The van der Waals surface area contributed by atoms with Crippen molar-refractivity contribution in [1.29, 1.82) is 0 Å². The fourth-order valence-corrected chi connectivity index (χ4v) is 2.07. The number of benzene rings is 1. The molecule has 1 rings (SSSR count). The average molecular weight is 359 g/mol. The SMILES string of the molecule is CC(NC/C=C/CNC(=O)OC(C)(C)C)c1ccc(Cl)c(Cl)c1. The summed E-state index contributed by atoms with van der Waals surface area (Å²) in [5.41, 5.74) is 0.588. The maximum atomic E-state index is 11.4. The molecule has 128 valence electrons. The second-order valence-corrected chi connectivity index (χ2v) is 6.97. The van der Waals surface area contributed by atoms with Gasteiger partial charge in [-0.1, -0.05) is 41.4 Å². The van der Waals surface area contributed by atoms with Crippen molar-refractivity contribution in [2.24, 2.45) is 0 Å². The summed E-state index contributed by atoms with van der Waals surface area (Å²) in [7, 11) is 0. The maximum absolute atomic E-state index is 11.4. The number of carbonyl (C=O) groups excluding carboxylic acids is 1. The molecule has 0 aliphatic heterocycles. The van der Waals surface area contributed by atoms with Gasteiger partial charge in [0.15, 0.2) is 0 Å². The number of hydrogen-bond acceptors (Lipinski definition) is 3. The number of halogens is 2. The molecule has 0 saturated heterocycles. The van der Waals surface area contributed by atoms with Gasteiger partial charge in [0, 0.05) is 19.1 Å². The third-order valence-corrected chi connectivity index (χ3v) is 3.65. The normalized spacial score (nSPS) is 13.1. The van der Waals surface area contributed by atoms with Gasteiger partial charge in [-0.15, -0.1) is 0 Å². The Balaban J connectivity index is 2.28. The number of hydrogen-bond donors (Lipinski definition) is 2. The zero-order valence-corrected chi connectivity index (χ0v) is 15.5. The van der Waals surface area contributed by atoms with Crippen molar-refractivity contribution in [3.63, 3.8) is 0 Å². The van der Waals surface area contributed by atoms with E-state index in [9.17, 15) is 4.79 Å². The molecule has 23 heavy (non-hydrogen) atoms. The van der Waals surface area contributed by atoms with Gasteiger partial charge in [0.05, 0.1) is 10.0 Å². The summed E-state index contributed by atoms with van der Waals surface area (Å²) < 4.78 is 5.14. The Bertz CT molecular complexity index is 554. The molecule has 4 nitrogen and oxygen atoms in total. The van der Waals surface area contributed by atoms with E-state index < -0.39 is 11.7 Å². The number of rotatable bonds is 6. The van der Waals surface area contributed by atoms with Crippen LogP contribution in [0.15, 0.2) is 30.4 Å². The summed E-state index contributed by atoms with van der Waals surface area (Å²) in [5, 5.41) is 7.11. The standard InChI is InChI=1S/C17H24Cl2N2O2/c1-12(13-7-8-14(18)15(19)11-13)20-9-5-6-10-21-16(22)23-17(2,3)4/h5-8,11-12,20H,9-10H2,1-4H3,(H,21,22)/b6-5+. The highest BCUT2D eigenvalue weighted by Gasteiger charge is 2.14. The van der Waals surface area contributed by atoms with Gasteiger partial charge in [-0.25, -0.2) is 4.79 Å². The van der Waals surface area contributed by atoms with Crippen LogP contribution in [0.4, 0.5) is 4.79 Å². The Morgan fingerprint density at radius 2 is 1.87 bits per heavy atom. The van der Waals surface area contributed by atoms with Crippen LogP contribution in [0.5, 0.6) is 0 Å². The number of carbonyl (C=O) groups is 1. The van der Waals surface area contributed by atoms with Crippen molar-refractivity contribution in [3.05, 3.63) is 46.0 Å². The van der Waals surface area contributed by atoms with E-state index in [4.69, 9.17) is 27.9 Å². The van der Waals surface area contributed by atoms with Gasteiger partial charge in [0.25, 0.3) is 0 Å². The lowest BCUT2D eigenvalue weighted by Crippen LogP contribution is -2.32. The molecular weight excluding hydrogens is 335 g/mol. The molecule has 1 amide bonds. The average Bonchev–Trinajstić information content (AvgIpc) is 2.43. The molecule has 1 atom stereocenters. The molecular formula is C17H24Cl2N2O2. The van der Waals surface area contributed by atoms with E-state index in [1.54, 1.807) is 6.07 Å². The number of alkyl carbamates (subject to hydrolysis) is 1. The Hall–Kier alpha value is -1.23. The molecule has 0 radical (unpaired) electrons. The fourth-order valence-electron chi connectivity index (χ4n) is 1.77. The lowest BCUT2D eigenvalue weighted by Gasteiger charge is -2.19. The number of ether oxygens (including phenoxy) is 1. The Kier molecular flexibility index (Phi) is 7.89. The van der Waals surface area contributed by atoms with Crippen molar-refractivity contribution >= 4 is 29.3 Å². The predicted octanol–water partition coefficient (Wildman–Crippen LogP) is 4.72. The quantitative estimate of drug-likeness (QED) is 0.723. The van der Waals surface area contributed by atoms with Gasteiger partial charge < -0.3 is 15.4 Å². The molecule has 6 heteroatoms. The van der Waals surface area contributed by atoms with E-state index >= 15 is 0 Å². The number of nitrogens with one attached hydrogen (secondary N) is 2. The second-order valence-electron chi connectivity index (χ2n) is 6.16. The van der Waals surface area contributed by atoms with Gasteiger partial charge in [0.1, 0.15) is 5.60 Å². The van der Waals surface area contributed by atoms with E-state index in [2.05, 4.69) is 10.6 Å². The first-order valence-corrected chi connectivity index (χ1v) is 8.25. The van der Waals surface area contributed by atoms with E-state index in [1.165, 1.54) is 0 Å². The Morgan fingerprint density at radius 3 is 2.48 bits per heavy atom. The first-order chi connectivity index (χ1) is 10.7. The molecule has 0 aromatic heterocycles. The Labute approximate surface area is 148 Å². The molecule has 0 bridgehead atoms. The van der Waals surface area contributed by atoms with Gasteiger partial charge in [-0.2, -0.15) is 0 Å². The van der Waals surface area contributed by atoms with Gasteiger partial charge >= 0.3 is 6.09 Å². The van der Waals surface area contributed by atoms with Gasteiger partial charge in [-0.3, -0.25) is 0 Å². The molecule has 0 aliphatic carbocycles. The highest BCUT2D eigenvalue weighted by atomic mass is 35.5. The van der Waals surface area contributed by atoms with Crippen LogP contribution in [0, 0.1) is 0 Å². The van der Waals surface area contributed by atoms with E-state index in [-0.39, 0.29) is 6.04 Å². The second kappa shape index (κ2) is 9.16. The summed E-state index contributed by atoms with van der Waals surface area (Å²) in [6.07, 6.45) is 3.41. The van der Waals surface area contributed by atoms with E-state index in [1.807, 2.05) is 52.0 Å². The lowest BCUT2D eigenvalue weighted by atomic mass is 10.1. The van der Waals surface area contributed by atoms with Crippen LogP contribution in [-0.4, -0.2) is 24.8 Å². The van der Waals surface area contributed by atoms with Crippen LogP contribution in [0.25, 0.3) is 0 Å². The third-order valence-electron chi connectivity index (χ3n) is 2.92. The van der Waals surface area contributed by atoms with Crippen LogP contribution in [-0.2, 0) is 4.74 Å². The Morgan fingerprint density at radius 1 is 1.22 bits per heavy atom. The van der Waals surface area contributed by atoms with Crippen LogP contribution in [0.1, 0.15) is 39.3 Å². The minimum absolute atomic E-state index is 0.147. The minimum Gasteiger partial charge on any atom is -0.444 e. The fraction of sp³-hybridized carbons (Fsp3) is 0.471. The van der Waals surface area contributed by atoms with Crippen molar-refractivity contribution in [1.82, 2.24) is 10.6 Å². The summed E-state index contributed by atoms with van der Waals surface area (Å²) >= 11 is 11.9. The highest BCUT2D eigenvalue weighted by molar-refractivity contribution is 6.42. The van der Waals surface area contributed by atoms with Crippen molar-refractivity contribution < 1.29 is 9.53 Å². The third kappa shape index (κ3) is 8.26. The molecule has 1 aromatic rings. The first kappa shape index (κ1) is 19.8. The van der Waals surface area contributed by atoms with Gasteiger partial charge in [0.2, 0.25) is 0 Å². The van der Waals surface area contributed by atoms with Crippen LogP contribution < -0.4 is 10.6 Å². The van der Waals surface area contributed by atoms with Gasteiger partial charge in [-0.05, 0) is 45.4 Å². The zero-order valence-electron chi connectivity index (χ0n) is 14.0. The van der Waals surface area contributed by atoms with Crippen molar-refractivity contribution in [2.75, 3.05) is 13.1 Å². The highest BCUT2D eigenvalue weighted by Crippen LogP contribution is 2.25. The summed E-state index contributed by atoms with van der Waals surface area (Å²) in [6, 6.07) is 5.74. The molecule has 0 saturated carbocycles. The van der Waals surface area contributed by atoms with E-state index in [0.717, 1.165) is 5.56 Å². The molecule has 0 fully saturated rings. The van der Waals surface area contributed by atoms with Crippen LogP contribution in [0.2, 0.25) is 10.0 Å². The largest absolute Gasteiger partial charge is 0.444 e. The zero-order chi connectivity index (χ0) is 17.5. The lowest BCUT2D eigenvalue weighted by molar-refractivity contribution is 0.0534. The monoisotopic (exact) mass is 358 g/mol. The summed E-state index contributed by atoms with van der Waals surface area (Å²) in [4.78, 5) is 11.4. The smallest absolute Gasteiger partial charge is 0.407 e. The molecule has 2 N–H and O–H groups in total. The summed E-state index contributed by atoms with van der Waals surface area (Å²) in [5.74, 6) is 0.